The highest BCUT2D eigenvalue weighted by atomic mass is 127. The second-order valence-electron chi connectivity index (χ2n) is 3.66. The van der Waals surface area contributed by atoms with Gasteiger partial charge in [-0.15, -0.1) is 0 Å². The van der Waals surface area contributed by atoms with Gasteiger partial charge in [0.1, 0.15) is 9.49 Å². The first-order valence-electron chi connectivity index (χ1n) is 4.83. The predicted molar refractivity (Wildman–Crippen MR) is 80.0 cm³/mol. The summed E-state index contributed by atoms with van der Waals surface area (Å²) in [6, 6.07) is 0. The minimum atomic E-state index is 0.289. The second-order valence-corrected chi connectivity index (χ2v) is 6.76. The lowest BCUT2D eigenvalue weighted by Gasteiger charge is -2.09. The zero-order valence-electron chi connectivity index (χ0n) is 9.04. The first-order chi connectivity index (χ1) is 7.99. The standard InChI is InChI=1S/C10H8Cl2IN3S/c1-4(2)7-6(13)8(12)16-9(15-7)10-14-3-5(11)17-10/h3-4H,1-2H3. The van der Waals surface area contributed by atoms with E-state index in [2.05, 4.69) is 51.4 Å². The number of aromatic nitrogens is 3. The van der Waals surface area contributed by atoms with E-state index in [4.69, 9.17) is 23.2 Å². The fourth-order valence-electron chi connectivity index (χ4n) is 1.27. The molecule has 0 fully saturated rings. The van der Waals surface area contributed by atoms with Crippen molar-refractivity contribution in [1.29, 1.82) is 0 Å². The highest BCUT2D eigenvalue weighted by Crippen LogP contribution is 2.30. The van der Waals surface area contributed by atoms with Gasteiger partial charge in [-0.1, -0.05) is 48.4 Å². The van der Waals surface area contributed by atoms with Crippen molar-refractivity contribution in [2.75, 3.05) is 0 Å². The summed E-state index contributed by atoms with van der Waals surface area (Å²) in [7, 11) is 0. The van der Waals surface area contributed by atoms with Crippen LogP contribution in [0.25, 0.3) is 10.8 Å². The molecule has 2 rings (SSSR count). The molecule has 0 unspecified atom stereocenters. The lowest BCUT2D eigenvalue weighted by atomic mass is 10.1. The van der Waals surface area contributed by atoms with Crippen LogP contribution >= 0.6 is 57.1 Å². The van der Waals surface area contributed by atoms with Gasteiger partial charge in [-0.25, -0.2) is 15.0 Å². The van der Waals surface area contributed by atoms with Crippen LogP contribution in [0.5, 0.6) is 0 Å². The van der Waals surface area contributed by atoms with Gasteiger partial charge in [-0.05, 0) is 28.5 Å². The lowest BCUT2D eigenvalue weighted by Crippen LogP contribution is -2.02. The van der Waals surface area contributed by atoms with Crippen LogP contribution in [0, 0.1) is 3.57 Å². The van der Waals surface area contributed by atoms with Gasteiger partial charge < -0.3 is 0 Å². The maximum Gasteiger partial charge on any atom is 0.190 e. The highest BCUT2D eigenvalue weighted by Gasteiger charge is 2.16. The van der Waals surface area contributed by atoms with Gasteiger partial charge >= 0.3 is 0 Å². The highest BCUT2D eigenvalue weighted by molar-refractivity contribution is 14.1. The number of hydrogen-bond acceptors (Lipinski definition) is 4. The van der Waals surface area contributed by atoms with E-state index < -0.39 is 0 Å². The maximum absolute atomic E-state index is 6.11. The molecule has 0 aliphatic heterocycles. The molecule has 0 radical (unpaired) electrons. The summed E-state index contributed by atoms with van der Waals surface area (Å²) in [5, 5.41) is 1.15. The van der Waals surface area contributed by atoms with Crippen molar-refractivity contribution in [1.82, 2.24) is 15.0 Å². The molecular weight excluding hydrogens is 392 g/mol. The van der Waals surface area contributed by atoms with E-state index in [1.165, 1.54) is 11.3 Å². The quantitative estimate of drug-likeness (QED) is 0.545. The Hall–Kier alpha value is 0.0200. The number of thiazole rings is 1. The van der Waals surface area contributed by atoms with Gasteiger partial charge in [0.2, 0.25) is 0 Å². The Morgan fingerprint density at radius 2 is 2.00 bits per heavy atom. The summed E-state index contributed by atoms with van der Waals surface area (Å²) in [6.45, 7) is 4.14. The van der Waals surface area contributed by atoms with Crippen LogP contribution in [0.15, 0.2) is 6.20 Å². The van der Waals surface area contributed by atoms with Crippen molar-refractivity contribution in [2.45, 2.75) is 19.8 Å². The van der Waals surface area contributed by atoms with Gasteiger partial charge in [0.15, 0.2) is 10.8 Å². The lowest BCUT2D eigenvalue weighted by molar-refractivity contribution is 0.808. The molecule has 2 aromatic heterocycles. The molecule has 17 heavy (non-hydrogen) atoms. The van der Waals surface area contributed by atoms with Gasteiger partial charge in [-0.3, -0.25) is 0 Å². The number of nitrogens with zero attached hydrogens (tertiary/aromatic N) is 3. The first kappa shape index (κ1) is 13.5. The fraction of sp³-hybridized carbons (Fsp3) is 0.300. The molecule has 2 aromatic rings. The molecule has 90 valence electrons. The molecule has 0 aliphatic carbocycles. The summed E-state index contributed by atoms with van der Waals surface area (Å²) in [4.78, 5) is 12.9. The van der Waals surface area contributed by atoms with Crippen molar-refractivity contribution in [2.24, 2.45) is 0 Å². The van der Waals surface area contributed by atoms with E-state index in [1.54, 1.807) is 6.20 Å². The summed E-state index contributed by atoms with van der Waals surface area (Å²) in [5.41, 5.74) is 0.937. The maximum atomic E-state index is 6.11. The van der Waals surface area contributed by atoms with Crippen molar-refractivity contribution in [3.8, 4) is 10.8 Å². The molecule has 0 aliphatic rings. The molecule has 0 aromatic carbocycles. The number of halogens is 3. The van der Waals surface area contributed by atoms with Crippen LogP contribution in [0.2, 0.25) is 9.49 Å². The normalized spacial score (nSPS) is 11.2. The van der Waals surface area contributed by atoms with E-state index in [-0.39, 0.29) is 5.92 Å². The zero-order chi connectivity index (χ0) is 12.6. The minimum Gasteiger partial charge on any atom is -0.240 e. The monoisotopic (exact) mass is 399 g/mol. The number of hydrogen-bond donors (Lipinski definition) is 0. The van der Waals surface area contributed by atoms with E-state index in [9.17, 15) is 0 Å². The molecule has 3 nitrogen and oxygen atoms in total. The molecule has 0 spiro atoms. The Labute approximate surface area is 127 Å². The predicted octanol–water partition coefficient (Wildman–Crippen LogP) is 4.63. The average Bonchev–Trinajstić information content (AvgIpc) is 2.68. The van der Waals surface area contributed by atoms with Crippen LogP contribution in [-0.2, 0) is 0 Å². The molecule has 0 N–H and O–H groups in total. The Kier molecular flexibility index (Phi) is 4.22. The SMILES string of the molecule is CC(C)c1nc(-c2ncc(Cl)s2)nc(Cl)c1I. The topological polar surface area (TPSA) is 38.7 Å². The van der Waals surface area contributed by atoms with Crippen molar-refractivity contribution in [3.63, 3.8) is 0 Å². The fourth-order valence-corrected chi connectivity index (χ4v) is 3.16. The third-order valence-electron chi connectivity index (χ3n) is 2.05. The third-order valence-corrected chi connectivity index (χ3v) is 4.82. The van der Waals surface area contributed by atoms with Crippen molar-refractivity contribution >= 4 is 57.1 Å². The van der Waals surface area contributed by atoms with E-state index in [0.29, 0.717) is 20.3 Å². The van der Waals surface area contributed by atoms with Crippen LogP contribution in [0.3, 0.4) is 0 Å². The van der Waals surface area contributed by atoms with Gasteiger partial charge in [0, 0.05) is 0 Å². The van der Waals surface area contributed by atoms with Crippen molar-refractivity contribution < 1.29 is 0 Å². The van der Waals surface area contributed by atoms with Gasteiger partial charge in [0.25, 0.3) is 0 Å². The summed E-state index contributed by atoms with van der Waals surface area (Å²) >= 11 is 15.5. The Balaban J connectivity index is 2.56. The Morgan fingerprint density at radius 3 is 2.53 bits per heavy atom. The minimum absolute atomic E-state index is 0.289. The smallest absolute Gasteiger partial charge is 0.190 e. The van der Waals surface area contributed by atoms with E-state index in [0.717, 1.165) is 9.26 Å². The van der Waals surface area contributed by atoms with Crippen LogP contribution in [0.4, 0.5) is 0 Å². The Bertz CT molecular complexity index is 556. The third kappa shape index (κ3) is 2.89. The van der Waals surface area contributed by atoms with E-state index >= 15 is 0 Å². The van der Waals surface area contributed by atoms with Crippen LogP contribution in [0.1, 0.15) is 25.5 Å². The van der Waals surface area contributed by atoms with Crippen LogP contribution in [-0.4, -0.2) is 15.0 Å². The van der Waals surface area contributed by atoms with Crippen LogP contribution < -0.4 is 0 Å². The van der Waals surface area contributed by atoms with Crippen molar-refractivity contribution in [3.05, 3.63) is 25.0 Å². The molecule has 0 bridgehead atoms. The van der Waals surface area contributed by atoms with E-state index in [1.807, 2.05) is 0 Å². The molecule has 0 saturated heterocycles. The van der Waals surface area contributed by atoms with Gasteiger partial charge in [0.05, 0.1) is 15.5 Å². The second kappa shape index (κ2) is 5.34. The molecule has 7 heteroatoms. The summed E-state index contributed by atoms with van der Waals surface area (Å²) in [5.74, 6) is 0.826. The molecule has 0 atom stereocenters. The summed E-state index contributed by atoms with van der Waals surface area (Å²) < 4.78 is 1.51. The Morgan fingerprint density at radius 1 is 1.29 bits per heavy atom. The number of rotatable bonds is 2. The first-order valence-corrected chi connectivity index (χ1v) is 7.48. The van der Waals surface area contributed by atoms with Gasteiger partial charge in [-0.2, -0.15) is 0 Å². The molecule has 2 heterocycles. The zero-order valence-corrected chi connectivity index (χ0v) is 13.5. The molecule has 0 saturated carbocycles. The molecule has 0 amide bonds. The average molecular weight is 400 g/mol. The largest absolute Gasteiger partial charge is 0.240 e. The summed E-state index contributed by atoms with van der Waals surface area (Å²) in [6.07, 6.45) is 1.59. The molecular formula is C10H8Cl2IN3S.